The Bertz CT molecular complexity index is 1320. The van der Waals surface area contributed by atoms with Crippen LogP contribution in [0.25, 0.3) is 16.7 Å². The van der Waals surface area contributed by atoms with Crippen molar-refractivity contribution in [2.75, 3.05) is 6.16 Å². The first-order valence-electron chi connectivity index (χ1n) is 13.2. The maximum absolute atomic E-state index is 12.0. The minimum absolute atomic E-state index is 0.0981. The van der Waals surface area contributed by atoms with E-state index >= 15 is 0 Å². The van der Waals surface area contributed by atoms with Gasteiger partial charge in [-0.15, -0.1) is 0 Å². The first-order chi connectivity index (χ1) is 17.1. The van der Waals surface area contributed by atoms with Crippen molar-refractivity contribution < 1.29 is 23.9 Å². The van der Waals surface area contributed by atoms with E-state index in [2.05, 4.69) is 53.7 Å². The summed E-state index contributed by atoms with van der Waals surface area (Å²) in [5, 5.41) is 0. The van der Waals surface area contributed by atoms with Gasteiger partial charge in [-0.1, -0.05) is 43.7 Å². The Morgan fingerprint density at radius 2 is 1.89 bits per heavy atom. The number of benzene rings is 1. The molecule has 1 aromatic heterocycles. The van der Waals surface area contributed by atoms with Gasteiger partial charge >= 0.3 is 13.6 Å². The molecule has 192 valence electrons. The van der Waals surface area contributed by atoms with Crippen molar-refractivity contribution in [3.05, 3.63) is 48.3 Å². The van der Waals surface area contributed by atoms with E-state index in [1.165, 1.54) is 23.2 Å². The van der Waals surface area contributed by atoms with Crippen LogP contribution in [-0.4, -0.2) is 37.6 Å². The summed E-state index contributed by atoms with van der Waals surface area (Å²) in [6.45, 7) is 4.86. The van der Waals surface area contributed by atoms with Crippen LogP contribution in [0.1, 0.15) is 58.8 Å². The van der Waals surface area contributed by atoms with Gasteiger partial charge in [0.1, 0.15) is 18.6 Å². The maximum Gasteiger partial charge on any atom is 0.336 e. The molecule has 0 spiro atoms. The van der Waals surface area contributed by atoms with Crippen LogP contribution in [0.5, 0.6) is 0 Å². The quantitative estimate of drug-likeness (QED) is 0.318. The molecule has 0 saturated heterocycles. The molecular formula is C28H35N2O5P. The van der Waals surface area contributed by atoms with Crippen molar-refractivity contribution in [3.8, 4) is 0 Å². The van der Waals surface area contributed by atoms with Crippen molar-refractivity contribution in [1.29, 1.82) is 0 Å². The van der Waals surface area contributed by atoms with Crippen LogP contribution in [-0.2, 0) is 14.1 Å². The van der Waals surface area contributed by atoms with Gasteiger partial charge in [-0.25, -0.2) is 4.98 Å². The second kappa shape index (κ2) is 8.41. The highest BCUT2D eigenvalue weighted by Crippen LogP contribution is 2.65. The third-order valence-corrected chi connectivity index (χ3v) is 10.6. The van der Waals surface area contributed by atoms with Crippen LogP contribution >= 0.6 is 7.60 Å². The lowest BCUT2D eigenvalue weighted by Crippen LogP contribution is -2.50. The number of hydrogen-bond acceptors (Lipinski definition) is 4. The molecule has 0 radical (unpaired) electrons. The average molecular weight is 511 g/mol. The summed E-state index contributed by atoms with van der Waals surface area (Å²) in [7, 11) is -4.41. The maximum atomic E-state index is 12.0. The molecule has 7 nitrogen and oxygen atoms in total. The SMILES string of the molecule is C[C@]12CC[C@H](OC(=O)CP(=O)(O)O)CC1=CCC1C2CC[C@]2(C)C(n3cnc4ccccc43)=CCC12. The number of allylic oxidation sites excluding steroid dienone is 3. The summed E-state index contributed by atoms with van der Waals surface area (Å²) >= 11 is 0. The van der Waals surface area contributed by atoms with E-state index in [0.717, 1.165) is 37.6 Å². The molecule has 3 unspecified atom stereocenters. The number of ether oxygens (including phenoxy) is 1. The highest BCUT2D eigenvalue weighted by Gasteiger charge is 2.57. The number of hydrogen-bond donors (Lipinski definition) is 2. The molecule has 1 aromatic carbocycles. The molecule has 2 saturated carbocycles. The number of nitrogens with zero attached hydrogens (tertiary/aromatic N) is 2. The van der Waals surface area contributed by atoms with Crippen LogP contribution in [0, 0.1) is 28.6 Å². The Morgan fingerprint density at radius 1 is 1.11 bits per heavy atom. The summed E-state index contributed by atoms with van der Waals surface area (Å²) in [4.78, 5) is 34.9. The Morgan fingerprint density at radius 3 is 2.69 bits per heavy atom. The van der Waals surface area contributed by atoms with Crippen LogP contribution in [0.4, 0.5) is 0 Å². The molecule has 0 bridgehead atoms. The second-order valence-corrected chi connectivity index (χ2v) is 13.5. The van der Waals surface area contributed by atoms with E-state index in [4.69, 9.17) is 14.5 Å². The van der Waals surface area contributed by atoms with Gasteiger partial charge in [0.2, 0.25) is 0 Å². The van der Waals surface area contributed by atoms with E-state index in [1.54, 1.807) is 0 Å². The van der Waals surface area contributed by atoms with Gasteiger partial charge in [0.25, 0.3) is 0 Å². The number of carbonyl (C=O) groups excluding carboxylic acids is 1. The van der Waals surface area contributed by atoms with Gasteiger partial charge in [-0.3, -0.25) is 9.36 Å². The topological polar surface area (TPSA) is 102 Å². The standard InChI is InChI=1S/C28H35N2O5P/c1-27-13-11-19(35-26(31)16-36(32,33)34)15-18(27)7-8-20-21-9-10-25(28(21,2)14-12-22(20)27)30-17-29-23-5-3-4-6-24(23)30/h3-7,10,17,19-22H,8-9,11-16H2,1-2H3,(H2,32,33,34)/t19-,20?,21?,22?,27-,28-/m0/s1. The monoisotopic (exact) mass is 510 g/mol. The predicted molar refractivity (Wildman–Crippen MR) is 138 cm³/mol. The van der Waals surface area contributed by atoms with E-state index in [9.17, 15) is 9.36 Å². The molecule has 8 heteroatoms. The largest absolute Gasteiger partial charge is 0.462 e. The lowest BCUT2D eigenvalue weighted by molar-refractivity contribution is -0.148. The Balaban J connectivity index is 1.22. The highest BCUT2D eigenvalue weighted by molar-refractivity contribution is 7.52. The number of aromatic nitrogens is 2. The van der Waals surface area contributed by atoms with E-state index < -0.39 is 19.7 Å². The van der Waals surface area contributed by atoms with Gasteiger partial charge in [0, 0.05) is 17.5 Å². The van der Waals surface area contributed by atoms with Crippen molar-refractivity contribution in [2.24, 2.45) is 28.6 Å². The zero-order valence-corrected chi connectivity index (χ0v) is 21.9. The molecule has 1 heterocycles. The number of carbonyl (C=O) groups is 1. The highest BCUT2D eigenvalue weighted by atomic mass is 31.2. The number of fused-ring (bicyclic) bond motifs is 6. The van der Waals surface area contributed by atoms with Gasteiger partial charge in [0.15, 0.2) is 0 Å². The van der Waals surface area contributed by atoms with Crippen molar-refractivity contribution in [2.45, 2.75) is 64.9 Å². The summed E-state index contributed by atoms with van der Waals surface area (Å²) in [5.41, 5.74) is 5.22. The second-order valence-electron chi connectivity index (χ2n) is 11.8. The molecule has 0 aliphatic heterocycles. The molecule has 4 aliphatic carbocycles. The van der Waals surface area contributed by atoms with Crippen molar-refractivity contribution in [1.82, 2.24) is 9.55 Å². The third kappa shape index (κ3) is 3.82. The molecule has 2 N–H and O–H groups in total. The first kappa shape index (κ1) is 24.1. The molecule has 6 rings (SSSR count). The molecule has 6 atom stereocenters. The summed E-state index contributed by atoms with van der Waals surface area (Å²) in [5.74, 6) is 1.03. The fraction of sp³-hybridized carbons (Fsp3) is 0.571. The zero-order valence-electron chi connectivity index (χ0n) is 21.0. The normalized spacial score (nSPS) is 35.9. The predicted octanol–water partition coefficient (Wildman–Crippen LogP) is 5.54. The van der Waals surface area contributed by atoms with E-state index in [0.29, 0.717) is 24.2 Å². The van der Waals surface area contributed by atoms with Crippen molar-refractivity contribution >= 4 is 30.3 Å². The molecule has 2 fully saturated rings. The van der Waals surface area contributed by atoms with E-state index in [1.807, 2.05) is 12.4 Å². The molecule has 36 heavy (non-hydrogen) atoms. The smallest absolute Gasteiger partial charge is 0.336 e. The Kier molecular flexibility index (Phi) is 5.64. The number of rotatable bonds is 4. The van der Waals surface area contributed by atoms with Gasteiger partial charge in [-0.05, 0) is 73.8 Å². The Hall–Kier alpha value is -2.21. The minimum Gasteiger partial charge on any atom is -0.462 e. The molecular weight excluding hydrogens is 475 g/mol. The summed E-state index contributed by atoms with van der Waals surface area (Å²) < 4.78 is 19.0. The fourth-order valence-corrected chi connectivity index (χ4v) is 8.60. The molecule has 2 aromatic rings. The van der Waals surface area contributed by atoms with E-state index in [-0.39, 0.29) is 16.9 Å². The number of imidazole rings is 1. The van der Waals surface area contributed by atoms with Crippen LogP contribution in [0.15, 0.2) is 48.3 Å². The summed E-state index contributed by atoms with van der Waals surface area (Å²) in [6, 6.07) is 8.36. The Labute approximate surface area is 211 Å². The number of para-hydroxylation sites is 2. The third-order valence-electron chi connectivity index (χ3n) is 9.94. The van der Waals surface area contributed by atoms with Crippen LogP contribution in [0.2, 0.25) is 0 Å². The van der Waals surface area contributed by atoms with Gasteiger partial charge in [0.05, 0.1) is 11.0 Å². The number of esters is 1. The van der Waals surface area contributed by atoms with Crippen LogP contribution < -0.4 is 0 Å². The zero-order chi connectivity index (χ0) is 25.3. The molecule has 0 amide bonds. The van der Waals surface area contributed by atoms with Gasteiger partial charge in [-0.2, -0.15) is 0 Å². The lowest BCUT2D eigenvalue weighted by atomic mass is 9.47. The van der Waals surface area contributed by atoms with Crippen LogP contribution in [0.3, 0.4) is 0 Å². The molecule has 4 aliphatic rings. The fourth-order valence-electron chi connectivity index (χ4n) is 8.19. The average Bonchev–Trinajstić information content (AvgIpc) is 3.38. The van der Waals surface area contributed by atoms with Gasteiger partial charge < -0.3 is 19.1 Å². The van der Waals surface area contributed by atoms with Crippen molar-refractivity contribution in [3.63, 3.8) is 0 Å². The summed E-state index contributed by atoms with van der Waals surface area (Å²) in [6.07, 6.45) is 12.6. The lowest BCUT2D eigenvalue weighted by Gasteiger charge is -2.57. The first-order valence-corrected chi connectivity index (χ1v) is 14.9. The minimum atomic E-state index is -4.41.